The summed E-state index contributed by atoms with van der Waals surface area (Å²) in [6.07, 6.45) is 1.58. The molecule has 0 aromatic rings. The Balaban J connectivity index is 4.14. The summed E-state index contributed by atoms with van der Waals surface area (Å²) >= 11 is 0. The van der Waals surface area contributed by atoms with Crippen molar-refractivity contribution in [3.05, 3.63) is 0 Å². The van der Waals surface area contributed by atoms with Gasteiger partial charge in [-0.05, 0) is 27.2 Å². The van der Waals surface area contributed by atoms with E-state index in [0.717, 1.165) is 6.42 Å². The maximum Gasteiger partial charge on any atom is 0.239 e. The van der Waals surface area contributed by atoms with Crippen LogP contribution < -0.4 is 11.1 Å². The lowest BCUT2D eigenvalue weighted by Crippen LogP contribution is -2.54. The van der Waals surface area contributed by atoms with Crippen LogP contribution in [-0.4, -0.2) is 30.7 Å². The summed E-state index contributed by atoms with van der Waals surface area (Å²) in [7, 11) is 1.62. The van der Waals surface area contributed by atoms with E-state index in [-0.39, 0.29) is 11.5 Å². The van der Waals surface area contributed by atoms with Crippen molar-refractivity contribution < 1.29 is 9.53 Å². The van der Waals surface area contributed by atoms with Crippen LogP contribution in [0.3, 0.4) is 0 Å². The first-order valence-electron chi connectivity index (χ1n) is 5.37. The highest BCUT2D eigenvalue weighted by molar-refractivity contribution is 5.85. The molecule has 15 heavy (non-hydrogen) atoms. The molecule has 0 aliphatic heterocycles. The lowest BCUT2D eigenvalue weighted by atomic mass is 9.96. The fourth-order valence-electron chi connectivity index (χ4n) is 1.20. The van der Waals surface area contributed by atoms with E-state index in [0.29, 0.717) is 13.0 Å². The molecule has 0 radical (unpaired) electrons. The summed E-state index contributed by atoms with van der Waals surface area (Å²) in [6, 6.07) is 0. The molecule has 90 valence electrons. The molecular formula is C11H24N2O2. The maximum atomic E-state index is 11.7. The Hall–Kier alpha value is -0.610. The average Bonchev–Trinajstić information content (AvgIpc) is 2.14. The lowest BCUT2D eigenvalue weighted by molar-refractivity contribution is -0.127. The van der Waals surface area contributed by atoms with E-state index in [1.807, 2.05) is 20.8 Å². The molecule has 1 amide bonds. The van der Waals surface area contributed by atoms with Gasteiger partial charge >= 0.3 is 0 Å². The third-order valence-electron chi connectivity index (χ3n) is 2.52. The number of nitrogens with two attached hydrogens (primary N) is 1. The maximum absolute atomic E-state index is 11.7. The van der Waals surface area contributed by atoms with Crippen molar-refractivity contribution in [2.24, 2.45) is 5.73 Å². The zero-order valence-corrected chi connectivity index (χ0v) is 10.5. The van der Waals surface area contributed by atoms with Gasteiger partial charge in [-0.15, -0.1) is 0 Å². The molecule has 0 aliphatic carbocycles. The summed E-state index contributed by atoms with van der Waals surface area (Å²) < 4.78 is 5.21. The number of hydrogen-bond acceptors (Lipinski definition) is 3. The van der Waals surface area contributed by atoms with Crippen LogP contribution in [0.2, 0.25) is 0 Å². The first kappa shape index (κ1) is 14.4. The SMILES string of the molecule is CCCC(C)(N)C(=O)NCC(C)(C)OC. The van der Waals surface area contributed by atoms with E-state index in [2.05, 4.69) is 5.32 Å². The van der Waals surface area contributed by atoms with Gasteiger partial charge in [0.2, 0.25) is 5.91 Å². The first-order chi connectivity index (χ1) is 6.75. The largest absolute Gasteiger partial charge is 0.377 e. The minimum Gasteiger partial charge on any atom is -0.377 e. The molecule has 0 saturated carbocycles. The highest BCUT2D eigenvalue weighted by atomic mass is 16.5. The first-order valence-corrected chi connectivity index (χ1v) is 5.37. The van der Waals surface area contributed by atoms with E-state index >= 15 is 0 Å². The molecule has 0 bridgehead atoms. The monoisotopic (exact) mass is 216 g/mol. The second-order valence-electron chi connectivity index (χ2n) is 4.81. The topological polar surface area (TPSA) is 64.4 Å². The Labute approximate surface area is 92.6 Å². The van der Waals surface area contributed by atoms with Gasteiger partial charge in [0.1, 0.15) is 0 Å². The van der Waals surface area contributed by atoms with Crippen molar-refractivity contribution >= 4 is 5.91 Å². The number of methoxy groups -OCH3 is 1. The van der Waals surface area contributed by atoms with Crippen LogP contribution in [0.1, 0.15) is 40.5 Å². The minimum atomic E-state index is -0.779. The number of ether oxygens (including phenoxy) is 1. The summed E-state index contributed by atoms with van der Waals surface area (Å²) in [4.78, 5) is 11.7. The highest BCUT2D eigenvalue weighted by Gasteiger charge is 2.28. The number of rotatable bonds is 6. The number of hydrogen-bond donors (Lipinski definition) is 2. The zero-order valence-electron chi connectivity index (χ0n) is 10.5. The average molecular weight is 216 g/mol. The molecule has 0 aromatic carbocycles. The molecule has 0 rings (SSSR count). The molecule has 0 aliphatic rings. The number of carbonyl (C=O) groups is 1. The van der Waals surface area contributed by atoms with Crippen LogP contribution in [-0.2, 0) is 9.53 Å². The number of nitrogens with one attached hydrogen (secondary N) is 1. The Morgan fingerprint density at radius 1 is 1.40 bits per heavy atom. The van der Waals surface area contributed by atoms with Gasteiger partial charge in [-0.2, -0.15) is 0 Å². The summed E-state index contributed by atoms with van der Waals surface area (Å²) in [5.41, 5.74) is 4.76. The predicted octanol–water partition coefficient (Wildman–Crippen LogP) is 1.05. The Bertz CT molecular complexity index is 213. The molecular weight excluding hydrogens is 192 g/mol. The molecule has 4 nitrogen and oxygen atoms in total. The fraction of sp³-hybridized carbons (Fsp3) is 0.909. The smallest absolute Gasteiger partial charge is 0.239 e. The van der Waals surface area contributed by atoms with Crippen molar-refractivity contribution in [1.29, 1.82) is 0 Å². The second-order valence-corrected chi connectivity index (χ2v) is 4.81. The Kier molecular flexibility index (Phi) is 5.24. The molecule has 0 heterocycles. The third kappa shape index (κ3) is 5.14. The van der Waals surface area contributed by atoms with Gasteiger partial charge in [-0.1, -0.05) is 13.3 Å². The molecule has 0 fully saturated rings. The second kappa shape index (κ2) is 5.47. The Morgan fingerprint density at radius 3 is 2.33 bits per heavy atom. The van der Waals surface area contributed by atoms with Crippen LogP contribution in [0.15, 0.2) is 0 Å². The van der Waals surface area contributed by atoms with Crippen molar-refractivity contribution in [2.75, 3.05) is 13.7 Å². The lowest BCUT2D eigenvalue weighted by Gasteiger charge is -2.27. The number of amides is 1. The predicted molar refractivity (Wildman–Crippen MR) is 61.6 cm³/mol. The molecule has 0 saturated heterocycles. The van der Waals surface area contributed by atoms with E-state index in [9.17, 15) is 4.79 Å². The van der Waals surface area contributed by atoms with E-state index in [1.54, 1.807) is 14.0 Å². The van der Waals surface area contributed by atoms with Crippen LogP contribution in [0, 0.1) is 0 Å². The van der Waals surface area contributed by atoms with Gasteiger partial charge in [0.25, 0.3) is 0 Å². The minimum absolute atomic E-state index is 0.116. The van der Waals surface area contributed by atoms with Crippen molar-refractivity contribution in [2.45, 2.75) is 51.7 Å². The van der Waals surface area contributed by atoms with Crippen molar-refractivity contribution in [3.8, 4) is 0 Å². The summed E-state index contributed by atoms with van der Waals surface area (Å²) in [6.45, 7) is 8.07. The Morgan fingerprint density at radius 2 is 1.93 bits per heavy atom. The van der Waals surface area contributed by atoms with Gasteiger partial charge in [0.15, 0.2) is 0 Å². The molecule has 0 aromatic heterocycles. The normalized spacial score (nSPS) is 15.9. The van der Waals surface area contributed by atoms with E-state index < -0.39 is 5.54 Å². The molecule has 0 spiro atoms. The van der Waals surface area contributed by atoms with Gasteiger partial charge in [-0.3, -0.25) is 4.79 Å². The number of carbonyl (C=O) groups excluding carboxylic acids is 1. The van der Waals surface area contributed by atoms with Gasteiger partial charge in [0.05, 0.1) is 11.1 Å². The summed E-state index contributed by atoms with van der Waals surface area (Å²) in [5.74, 6) is -0.116. The van der Waals surface area contributed by atoms with E-state index in [1.165, 1.54) is 0 Å². The standard InChI is InChI=1S/C11H24N2O2/c1-6-7-11(4,12)9(14)13-8-10(2,3)15-5/h6-8,12H2,1-5H3,(H,13,14). The van der Waals surface area contributed by atoms with E-state index in [4.69, 9.17) is 10.5 Å². The van der Waals surface area contributed by atoms with Crippen LogP contribution in [0.4, 0.5) is 0 Å². The van der Waals surface area contributed by atoms with Crippen molar-refractivity contribution in [1.82, 2.24) is 5.32 Å². The third-order valence-corrected chi connectivity index (χ3v) is 2.52. The molecule has 4 heteroatoms. The van der Waals surface area contributed by atoms with Gasteiger partial charge < -0.3 is 15.8 Å². The highest BCUT2D eigenvalue weighted by Crippen LogP contribution is 2.10. The van der Waals surface area contributed by atoms with Crippen LogP contribution >= 0.6 is 0 Å². The zero-order chi connectivity index (χ0) is 12.1. The van der Waals surface area contributed by atoms with Gasteiger partial charge in [-0.25, -0.2) is 0 Å². The fourth-order valence-corrected chi connectivity index (χ4v) is 1.20. The van der Waals surface area contributed by atoms with Gasteiger partial charge in [0, 0.05) is 13.7 Å². The molecule has 1 atom stereocenters. The molecule has 3 N–H and O–H groups in total. The summed E-state index contributed by atoms with van der Waals surface area (Å²) in [5, 5.41) is 2.81. The quantitative estimate of drug-likeness (QED) is 0.697. The van der Waals surface area contributed by atoms with Crippen LogP contribution in [0.5, 0.6) is 0 Å². The van der Waals surface area contributed by atoms with Crippen LogP contribution in [0.25, 0.3) is 0 Å². The van der Waals surface area contributed by atoms with Crippen molar-refractivity contribution in [3.63, 3.8) is 0 Å². The molecule has 1 unspecified atom stereocenters.